The molecule has 0 unspecified atom stereocenters. The van der Waals surface area contributed by atoms with Gasteiger partial charge in [0.1, 0.15) is 5.15 Å². The highest BCUT2D eigenvalue weighted by molar-refractivity contribution is 6.29. The number of pyridine rings is 1. The van der Waals surface area contributed by atoms with Crippen LogP contribution in [0, 0.1) is 5.41 Å². The van der Waals surface area contributed by atoms with Crippen LogP contribution in [0.25, 0.3) is 0 Å². The summed E-state index contributed by atoms with van der Waals surface area (Å²) < 4.78 is 0. The lowest BCUT2D eigenvalue weighted by molar-refractivity contribution is 0.500. The zero-order valence-corrected chi connectivity index (χ0v) is 15.5. The quantitative estimate of drug-likeness (QED) is 0.553. The zero-order chi connectivity index (χ0) is 16.8. The van der Waals surface area contributed by atoms with E-state index in [-0.39, 0.29) is 10.8 Å². The molecule has 1 rings (SSSR count). The van der Waals surface area contributed by atoms with Gasteiger partial charge in [-0.15, -0.1) is 0 Å². The Morgan fingerprint density at radius 1 is 1.27 bits per heavy atom. The second-order valence-electron chi connectivity index (χ2n) is 7.28. The number of hydrogen-bond donors (Lipinski definition) is 1. The Bertz CT molecular complexity index is 537. The van der Waals surface area contributed by atoms with E-state index in [9.17, 15) is 0 Å². The highest BCUT2D eigenvalue weighted by Crippen LogP contribution is 2.27. The van der Waals surface area contributed by atoms with Crippen LogP contribution in [-0.4, -0.2) is 11.5 Å². The van der Waals surface area contributed by atoms with Gasteiger partial charge in [0.25, 0.3) is 0 Å². The van der Waals surface area contributed by atoms with E-state index in [1.165, 1.54) is 11.1 Å². The molecule has 0 aromatic carbocycles. The molecule has 0 bridgehead atoms. The minimum Gasteiger partial charge on any atom is -0.390 e. The number of aromatic nitrogens is 1. The Hall–Kier alpha value is -1.28. The Morgan fingerprint density at radius 3 is 2.50 bits per heavy atom. The first-order valence-electron chi connectivity index (χ1n) is 7.89. The SMILES string of the molecule is CC/C=C(\C=C/NCC(C)(C)c1ccnc(Cl)c1)C(C)(C)C. The van der Waals surface area contributed by atoms with E-state index < -0.39 is 0 Å². The van der Waals surface area contributed by atoms with E-state index >= 15 is 0 Å². The molecule has 0 radical (unpaired) electrons. The number of hydrogen-bond acceptors (Lipinski definition) is 2. The van der Waals surface area contributed by atoms with Crippen LogP contribution in [0.2, 0.25) is 5.15 Å². The van der Waals surface area contributed by atoms with E-state index in [4.69, 9.17) is 11.6 Å². The minimum absolute atomic E-state index is 0.00666. The molecule has 0 saturated heterocycles. The van der Waals surface area contributed by atoms with Crippen molar-refractivity contribution >= 4 is 11.6 Å². The molecule has 1 N–H and O–H groups in total. The third-order valence-electron chi connectivity index (χ3n) is 3.72. The molecule has 0 aliphatic carbocycles. The van der Waals surface area contributed by atoms with Gasteiger partial charge in [-0.25, -0.2) is 4.98 Å². The van der Waals surface area contributed by atoms with Crippen LogP contribution in [0.3, 0.4) is 0 Å². The molecule has 1 aromatic heterocycles. The maximum absolute atomic E-state index is 5.99. The number of rotatable bonds is 6. The average Bonchev–Trinajstić information content (AvgIpc) is 2.41. The molecule has 0 aliphatic rings. The number of allylic oxidation sites excluding steroid dienone is 3. The van der Waals surface area contributed by atoms with E-state index in [1.54, 1.807) is 6.20 Å². The van der Waals surface area contributed by atoms with Gasteiger partial charge in [-0.05, 0) is 47.4 Å². The fourth-order valence-electron chi connectivity index (χ4n) is 2.23. The predicted octanol–water partition coefficient (Wildman–Crippen LogP) is 5.50. The molecule has 2 nitrogen and oxygen atoms in total. The number of halogens is 1. The van der Waals surface area contributed by atoms with Crippen molar-refractivity contribution in [3.63, 3.8) is 0 Å². The summed E-state index contributed by atoms with van der Waals surface area (Å²) in [5, 5.41) is 3.96. The van der Waals surface area contributed by atoms with E-state index in [1.807, 2.05) is 12.1 Å². The lowest BCUT2D eigenvalue weighted by atomic mass is 9.85. The maximum atomic E-state index is 5.99. The first-order chi connectivity index (χ1) is 10.2. The second kappa shape index (κ2) is 7.82. The van der Waals surface area contributed by atoms with Crippen LogP contribution >= 0.6 is 11.6 Å². The second-order valence-corrected chi connectivity index (χ2v) is 7.67. The van der Waals surface area contributed by atoms with Crippen molar-refractivity contribution in [1.29, 1.82) is 0 Å². The summed E-state index contributed by atoms with van der Waals surface area (Å²) in [5.41, 5.74) is 2.70. The third-order valence-corrected chi connectivity index (χ3v) is 3.93. The van der Waals surface area contributed by atoms with Crippen LogP contribution in [0.4, 0.5) is 0 Å². The maximum Gasteiger partial charge on any atom is 0.129 e. The van der Waals surface area contributed by atoms with Gasteiger partial charge in [0, 0.05) is 18.2 Å². The topological polar surface area (TPSA) is 24.9 Å². The molecule has 0 saturated carbocycles. The van der Waals surface area contributed by atoms with Crippen molar-refractivity contribution in [2.75, 3.05) is 6.54 Å². The molecule has 1 aromatic rings. The smallest absolute Gasteiger partial charge is 0.129 e. The standard InChI is InChI=1S/C19H29ClN2/c1-7-8-15(18(2,3)4)9-11-21-14-19(5,6)16-10-12-22-17(20)13-16/h8-13,21H,7,14H2,1-6H3/b11-9-,15-8+. The van der Waals surface area contributed by atoms with Crippen LogP contribution in [0.15, 0.2) is 42.3 Å². The Labute approximate surface area is 140 Å². The summed E-state index contributed by atoms with van der Waals surface area (Å²) in [6.45, 7) is 14.1. The van der Waals surface area contributed by atoms with E-state index in [0.717, 1.165) is 13.0 Å². The largest absolute Gasteiger partial charge is 0.390 e. The van der Waals surface area contributed by atoms with Gasteiger partial charge in [-0.2, -0.15) is 0 Å². The fourth-order valence-corrected chi connectivity index (χ4v) is 2.41. The van der Waals surface area contributed by atoms with Crippen molar-refractivity contribution in [1.82, 2.24) is 10.3 Å². The summed E-state index contributed by atoms with van der Waals surface area (Å²) in [6, 6.07) is 3.96. The Morgan fingerprint density at radius 2 is 1.95 bits per heavy atom. The van der Waals surface area contributed by atoms with Gasteiger partial charge in [-0.1, -0.05) is 59.2 Å². The molecule has 0 spiro atoms. The first kappa shape index (κ1) is 18.8. The summed E-state index contributed by atoms with van der Waals surface area (Å²) in [4.78, 5) is 4.04. The predicted molar refractivity (Wildman–Crippen MR) is 97.2 cm³/mol. The van der Waals surface area contributed by atoms with Gasteiger partial charge in [0.2, 0.25) is 0 Å². The van der Waals surface area contributed by atoms with Gasteiger partial charge in [-0.3, -0.25) is 0 Å². The monoisotopic (exact) mass is 320 g/mol. The zero-order valence-electron chi connectivity index (χ0n) is 14.7. The summed E-state index contributed by atoms with van der Waals surface area (Å²) in [5.74, 6) is 0. The lowest BCUT2D eigenvalue weighted by Crippen LogP contribution is -2.30. The molecule has 0 fully saturated rings. The highest BCUT2D eigenvalue weighted by atomic mass is 35.5. The van der Waals surface area contributed by atoms with Crippen LogP contribution in [-0.2, 0) is 5.41 Å². The van der Waals surface area contributed by atoms with Crippen molar-refractivity contribution < 1.29 is 0 Å². The van der Waals surface area contributed by atoms with Crippen molar-refractivity contribution in [2.24, 2.45) is 5.41 Å². The molecule has 122 valence electrons. The third kappa shape index (κ3) is 5.84. The van der Waals surface area contributed by atoms with Gasteiger partial charge >= 0.3 is 0 Å². The van der Waals surface area contributed by atoms with E-state index in [0.29, 0.717) is 5.15 Å². The lowest BCUT2D eigenvalue weighted by Gasteiger charge is -2.25. The van der Waals surface area contributed by atoms with Gasteiger partial charge < -0.3 is 5.32 Å². The van der Waals surface area contributed by atoms with Crippen LogP contribution < -0.4 is 5.32 Å². The number of nitrogens with zero attached hydrogens (tertiary/aromatic N) is 1. The van der Waals surface area contributed by atoms with E-state index in [2.05, 4.69) is 70.2 Å². The minimum atomic E-state index is -0.00666. The molecular formula is C19H29ClN2. The average molecular weight is 321 g/mol. The molecule has 0 amide bonds. The van der Waals surface area contributed by atoms with Gasteiger partial charge in [0.05, 0.1) is 0 Å². The molecular weight excluding hydrogens is 292 g/mol. The molecule has 0 atom stereocenters. The summed E-state index contributed by atoms with van der Waals surface area (Å²) in [7, 11) is 0. The van der Waals surface area contributed by atoms with Crippen LogP contribution in [0.5, 0.6) is 0 Å². The summed E-state index contributed by atoms with van der Waals surface area (Å²) >= 11 is 5.99. The molecule has 1 heterocycles. The van der Waals surface area contributed by atoms with Crippen molar-refractivity contribution in [2.45, 2.75) is 53.4 Å². The molecule has 22 heavy (non-hydrogen) atoms. The Balaban J connectivity index is 2.69. The normalized spacial score (nSPS) is 13.7. The van der Waals surface area contributed by atoms with Crippen LogP contribution in [0.1, 0.15) is 53.5 Å². The molecule has 3 heteroatoms. The first-order valence-corrected chi connectivity index (χ1v) is 8.27. The van der Waals surface area contributed by atoms with Gasteiger partial charge in [0.15, 0.2) is 0 Å². The fraction of sp³-hybridized carbons (Fsp3) is 0.526. The molecule has 0 aliphatic heterocycles. The highest BCUT2D eigenvalue weighted by Gasteiger charge is 2.20. The van der Waals surface area contributed by atoms with Crippen molar-refractivity contribution in [3.05, 3.63) is 53.0 Å². The summed E-state index contributed by atoms with van der Waals surface area (Å²) in [6.07, 6.45) is 9.33. The number of nitrogens with one attached hydrogen (secondary N) is 1. The Kier molecular flexibility index (Phi) is 6.67. The van der Waals surface area contributed by atoms with Crippen molar-refractivity contribution in [3.8, 4) is 0 Å².